The van der Waals surface area contributed by atoms with Gasteiger partial charge in [-0.2, -0.15) is 0 Å². The molecule has 0 unspecified atom stereocenters. The van der Waals surface area contributed by atoms with Crippen LogP contribution < -0.4 is 5.32 Å². The SMILES string of the molecule is Cc1cccnc1[C@@H](NC(=O)CN1CCCC1=O)C1CC1. The number of hydrogen-bond donors (Lipinski definition) is 1. The van der Waals surface area contributed by atoms with E-state index in [0.717, 1.165) is 30.5 Å². The molecule has 0 radical (unpaired) electrons. The maximum Gasteiger partial charge on any atom is 0.240 e. The second kappa shape index (κ2) is 5.84. The van der Waals surface area contributed by atoms with Gasteiger partial charge in [0.1, 0.15) is 0 Å². The van der Waals surface area contributed by atoms with Gasteiger partial charge < -0.3 is 10.2 Å². The molecule has 0 bridgehead atoms. The first-order valence-electron chi connectivity index (χ1n) is 7.64. The van der Waals surface area contributed by atoms with Crippen molar-refractivity contribution in [1.29, 1.82) is 0 Å². The van der Waals surface area contributed by atoms with Crippen molar-refractivity contribution >= 4 is 11.8 Å². The Balaban J connectivity index is 1.67. The molecule has 3 rings (SSSR count). The number of likely N-dealkylation sites (tertiary alicyclic amines) is 1. The zero-order valence-electron chi connectivity index (χ0n) is 12.3. The van der Waals surface area contributed by atoms with Crippen molar-refractivity contribution in [3.8, 4) is 0 Å². The molecule has 2 amide bonds. The van der Waals surface area contributed by atoms with Crippen LogP contribution in [0.15, 0.2) is 18.3 Å². The van der Waals surface area contributed by atoms with Gasteiger partial charge in [0, 0.05) is 19.2 Å². The van der Waals surface area contributed by atoms with Gasteiger partial charge in [0.2, 0.25) is 11.8 Å². The van der Waals surface area contributed by atoms with E-state index in [1.165, 1.54) is 0 Å². The third-order valence-electron chi connectivity index (χ3n) is 4.26. The smallest absolute Gasteiger partial charge is 0.240 e. The summed E-state index contributed by atoms with van der Waals surface area (Å²) in [6, 6.07) is 3.91. The highest BCUT2D eigenvalue weighted by molar-refractivity contribution is 5.86. The topological polar surface area (TPSA) is 62.3 Å². The van der Waals surface area contributed by atoms with Gasteiger partial charge in [-0.25, -0.2) is 0 Å². The molecule has 1 aromatic rings. The number of amides is 2. The minimum atomic E-state index is -0.0767. The summed E-state index contributed by atoms with van der Waals surface area (Å²) in [7, 11) is 0. The van der Waals surface area contributed by atoms with Gasteiger partial charge >= 0.3 is 0 Å². The van der Waals surface area contributed by atoms with Crippen LogP contribution in [0.5, 0.6) is 0 Å². The molecular formula is C16H21N3O2. The first kappa shape index (κ1) is 14.0. The van der Waals surface area contributed by atoms with E-state index in [0.29, 0.717) is 18.9 Å². The van der Waals surface area contributed by atoms with Crippen molar-refractivity contribution in [3.63, 3.8) is 0 Å². The van der Waals surface area contributed by atoms with Crippen molar-refractivity contribution in [1.82, 2.24) is 15.2 Å². The second-order valence-electron chi connectivity index (χ2n) is 6.01. The first-order valence-corrected chi connectivity index (χ1v) is 7.64. The van der Waals surface area contributed by atoms with Crippen LogP contribution in [-0.4, -0.2) is 34.8 Å². The van der Waals surface area contributed by atoms with Crippen LogP contribution in [0.2, 0.25) is 0 Å². The number of aromatic nitrogens is 1. The largest absolute Gasteiger partial charge is 0.346 e. The number of carbonyl (C=O) groups excluding carboxylic acids is 2. The quantitative estimate of drug-likeness (QED) is 0.894. The minimum Gasteiger partial charge on any atom is -0.346 e. The van der Waals surface area contributed by atoms with Gasteiger partial charge in [0.15, 0.2) is 0 Å². The van der Waals surface area contributed by atoms with Crippen LogP contribution in [0, 0.1) is 12.8 Å². The van der Waals surface area contributed by atoms with Crippen molar-refractivity contribution in [2.45, 2.75) is 38.6 Å². The van der Waals surface area contributed by atoms with E-state index in [1.807, 2.05) is 19.1 Å². The molecule has 5 nitrogen and oxygen atoms in total. The Labute approximate surface area is 124 Å². The number of carbonyl (C=O) groups is 2. The minimum absolute atomic E-state index is 0.0172. The molecule has 2 fully saturated rings. The van der Waals surface area contributed by atoms with Crippen LogP contribution in [0.3, 0.4) is 0 Å². The Bertz CT molecular complexity index is 554. The molecule has 0 spiro atoms. The van der Waals surface area contributed by atoms with Crippen molar-refractivity contribution in [2.75, 3.05) is 13.1 Å². The molecule has 21 heavy (non-hydrogen) atoms. The highest BCUT2D eigenvalue weighted by Gasteiger charge is 2.35. The van der Waals surface area contributed by atoms with Gasteiger partial charge in [-0.15, -0.1) is 0 Å². The van der Waals surface area contributed by atoms with Crippen LogP contribution in [-0.2, 0) is 9.59 Å². The normalized spacial score (nSPS) is 19.7. The average molecular weight is 287 g/mol. The number of rotatable bonds is 5. The highest BCUT2D eigenvalue weighted by Crippen LogP contribution is 2.41. The molecule has 1 saturated carbocycles. The van der Waals surface area contributed by atoms with E-state index in [9.17, 15) is 9.59 Å². The summed E-state index contributed by atoms with van der Waals surface area (Å²) in [6.07, 6.45) is 5.46. The van der Waals surface area contributed by atoms with Gasteiger partial charge in [-0.05, 0) is 43.7 Å². The van der Waals surface area contributed by atoms with E-state index in [-0.39, 0.29) is 24.4 Å². The lowest BCUT2D eigenvalue weighted by atomic mass is 10.0. The molecule has 1 N–H and O–H groups in total. The van der Waals surface area contributed by atoms with E-state index >= 15 is 0 Å². The predicted octanol–water partition coefficient (Wildman–Crippen LogP) is 1.58. The Morgan fingerprint density at radius 1 is 1.52 bits per heavy atom. The number of nitrogens with one attached hydrogen (secondary N) is 1. The summed E-state index contributed by atoms with van der Waals surface area (Å²) >= 11 is 0. The van der Waals surface area contributed by atoms with Crippen molar-refractivity contribution in [3.05, 3.63) is 29.6 Å². The Morgan fingerprint density at radius 2 is 2.33 bits per heavy atom. The lowest BCUT2D eigenvalue weighted by Gasteiger charge is -2.22. The lowest BCUT2D eigenvalue weighted by molar-refractivity contribution is -0.133. The van der Waals surface area contributed by atoms with Gasteiger partial charge in [-0.3, -0.25) is 14.6 Å². The Morgan fingerprint density at radius 3 is 2.95 bits per heavy atom. The zero-order chi connectivity index (χ0) is 14.8. The summed E-state index contributed by atoms with van der Waals surface area (Å²) in [5, 5.41) is 3.09. The van der Waals surface area contributed by atoms with E-state index < -0.39 is 0 Å². The van der Waals surface area contributed by atoms with Crippen LogP contribution in [0.4, 0.5) is 0 Å². The number of hydrogen-bond acceptors (Lipinski definition) is 3. The molecule has 1 atom stereocenters. The number of aryl methyl sites for hydroxylation is 1. The van der Waals surface area contributed by atoms with Crippen LogP contribution >= 0.6 is 0 Å². The predicted molar refractivity (Wildman–Crippen MR) is 78.4 cm³/mol. The molecule has 1 aromatic heterocycles. The number of pyridine rings is 1. The molecule has 1 aliphatic carbocycles. The maximum absolute atomic E-state index is 12.2. The maximum atomic E-state index is 12.2. The summed E-state index contributed by atoms with van der Waals surface area (Å²) < 4.78 is 0. The van der Waals surface area contributed by atoms with Crippen molar-refractivity contribution in [2.24, 2.45) is 5.92 Å². The molecule has 1 saturated heterocycles. The third kappa shape index (κ3) is 3.23. The summed E-state index contributed by atoms with van der Waals surface area (Å²) in [6.45, 7) is 2.89. The summed E-state index contributed by atoms with van der Waals surface area (Å²) in [5.74, 6) is 0.492. The third-order valence-corrected chi connectivity index (χ3v) is 4.26. The van der Waals surface area contributed by atoms with Crippen LogP contribution in [0.1, 0.15) is 43.0 Å². The Hall–Kier alpha value is -1.91. The lowest BCUT2D eigenvalue weighted by Crippen LogP contribution is -2.40. The second-order valence-corrected chi connectivity index (χ2v) is 6.01. The molecule has 5 heteroatoms. The van der Waals surface area contributed by atoms with Crippen molar-refractivity contribution < 1.29 is 9.59 Å². The van der Waals surface area contributed by atoms with Gasteiger partial charge in [0.25, 0.3) is 0 Å². The molecule has 0 aromatic carbocycles. The molecule has 112 valence electrons. The monoisotopic (exact) mass is 287 g/mol. The molecular weight excluding hydrogens is 266 g/mol. The van der Waals surface area contributed by atoms with E-state index in [1.54, 1.807) is 11.1 Å². The zero-order valence-corrected chi connectivity index (χ0v) is 12.3. The fourth-order valence-corrected chi connectivity index (χ4v) is 2.93. The summed E-state index contributed by atoms with van der Waals surface area (Å²) in [4.78, 5) is 29.9. The highest BCUT2D eigenvalue weighted by atomic mass is 16.2. The fourth-order valence-electron chi connectivity index (χ4n) is 2.93. The molecule has 2 heterocycles. The standard InChI is InChI=1S/C16H21N3O2/c1-11-4-2-8-17-15(11)16(12-6-7-12)18-13(20)10-19-9-3-5-14(19)21/h2,4,8,12,16H,3,5-7,9-10H2,1H3,(H,18,20)/t16-/m0/s1. The Kier molecular flexibility index (Phi) is 3.90. The molecule has 2 aliphatic rings. The average Bonchev–Trinajstić information content (AvgIpc) is 3.22. The summed E-state index contributed by atoms with van der Waals surface area (Å²) in [5.41, 5.74) is 2.06. The van der Waals surface area contributed by atoms with Gasteiger partial charge in [0.05, 0.1) is 18.3 Å². The van der Waals surface area contributed by atoms with Gasteiger partial charge in [-0.1, -0.05) is 6.07 Å². The number of nitrogens with zero attached hydrogens (tertiary/aromatic N) is 2. The first-order chi connectivity index (χ1) is 10.1. The molecule has 1 aliphatic heterocycles. The fraction of sp³-hybridized carbons (Fsp3) is 0.562. The van der Waals surface area contributed by atoms with Crippen LogP contribution in [0.25, 0.3) is 0 Å². The van der Waals surface area contributed by atoms with E-state index in [2.05, 4.69) is 10.3 Å². The van der Waals surface area contributed by atoms with E-state index in [4.69, 9.17) is 0 Å².